The number of rotatable bonds is 6. The van der Waals surface area contributed by atoms with Gasteiger partial charge in [0.25, 0.3) is 0 Å². The van der Waals surface area contributed by atoms with Gasteiger partial charge in [0, 0.05) is 53.0 Å². The molecule has 1 spiro atoms. The van der Waals surface area contributed by atoms with Gasteiger partial charge in [0.15, 0.2) is 0 Å². The summed E-state index contributed by atoms with van der Waals surface area (Å²) in [7, 11) is 0. The number of fused-ring (bicyclic) bond motifs is 1. The first-order chi connectivity index (χ1) is 18.9. The van der Waals surface area contributed by atoms with E-state index in [1.807, 2.05) is 6.92 Å². The number of aromatic nitrogens is 2. The van der Waals surface area contributed by atoms with Crippen LogP contribution in [0.3, 0.4) is 0 Å². The molecule has 2 aromatic heterocycles. The quantitative estimate of drug-likeness (QED) is 0.257. The third kappa shape index (κ3) is 4.42. The lowest BCUT2D eigenvalue weighted by atomic mass is 9.63. The van der Waals surface area contributed by atoms with Crippen molar-refractivity contribution in [3.05, 3.63) is 77.2 Å². The molecule has 0 unspecified atom stereocenters. The minimum atomic E-state index is 0.130. The average Bonchev–Trinajstić information content (AvgIpc) is 3.66. The van der Waals surface area contributed by atoms with E-state index in [1.54, 1.807) is 0 Å². The summed E-state index contributed by atoms with van der Waals surface area (Å²) in [5, 5.41) is 5.71. The Morgan fingerprint density at radius 1 is 1.03 bits per heavy atom. The number of pyridine rings is 1. The van der Waals surface area contributed by atoms with E-state index in [0.29, 0.717) is 5.92 Å². The lowest BCUT2D eigenvalue weighted by Crippen LogP contribution is -2.42. The maximum Gasteiger partial charge on any atom is 0.147 e. The van der Waals surface area contributed by atoms with Crippen LogP contribution in [0, 0.1) is 19.3 Å². The Morgan fingerprint density at radius 2 is 1.79 bits per heavy atom. The Morgan fingerprint density at radius 3 is 2.51 bits per heavy atom. The van der Waals surface area contributed by atoms with Gasteiger partial charge in [0.2, 0.25) is 0 Å². The van der Waals surface area contributed by atoms with Crippen LogP contribution in [-0.2, 0) is 0 Å². The SMILES string of the molecule is Cc1cc(OC(C)C)c2cc(N3CCC4(C=C(c5c(-c6ccccc6C)noc5C5CC5)C4)CC3)ccc2n1. The van der Waals surface area contributed by atoms with E-state index in [0.717, 1.165) is 53.3 Å². The van der Waals surface area contributed by atoms with Crippen LogP contribution >= 0.6 is 0 Å². The summed E-state index contributed by atoms with van der Waals surface area (Å²) < 4.78 is 12.2. The Balaban J connectivity index is 1.13. The second-order valence-electron chi connectivity index (χ2n) is 12.2. The van der Waals surface area contributed by atoms with Crippen molar-refractivity contribution in [3.63, 3.8) is 0 Å². The van der Waals surface area contributed by atoms with Gasteiger partial charge in [-0.2, -0.15) is 0 Å². The van der Waals surface area contributed by atoms with Gasteiger partial charge in [0.1, 0.15) is 17.2 Å². The van der Waals surface area contributed by atoms with E-state index in [9.17, 15) is 0 Å². The van der Waals surface area contributed by atoms with E-state index in [-0.39, 0.29) is 11.5 Å². The molecular weight excluding hydrogens is 482 g/mol. The number of ether oxygens (including phenoxy) is 1. The molecule has 2 fully saturated rings. The zero-order valence-corrected chi connectivity index (χ0v) is 23.5. The van der Waals surface area contributed by atoms with Gasteiger partial charge in [-0.05, 0) is 94.5 Å². The van der Waals surface area contributed by atoms with Crippen molar-refractivity contribution in [2.24, 2.45) is 5.41 Å². The van der Waals surface area contributed by atoms with E-state index < -0.39 is 0 Å². The number of anilines is 1. The number of allylic oxidation sites excluding steroid dienone is 2. The fourth-order valence-electron chi connectivity index (χ4n) is 6.53. The number of piperidine rings is 1. The van der Waals surface area contributed by atoms with Crippen molar-refractivity contribution in [2.75, 3.05) is 18.0 Å². The lowest BCUT2D eigenvalue weighted by Gasteiger charge is -2.47. The molecule has 39 heavy (non-hydrogen) atoms. The second-order valence-corrected chi connectivity index (χ2v) is 12.2. The van der Waals surface area contributed by atoms with Crippen molar-refractivity contribution in [3.8, 4) is 17.0 Å². The van der Waals surface area contributed by atoms with E-state index >= 15 is 0 Å². The van der Waals surface area contributed by atoms with Crippen LogP contribution in [-0.4, -0.2) is 29.3 Å². The molecule has 0 atom stereocenters. The first-order valence-corrected chi connectivity index (χ1v) is 14.5. The minimum Gasteiger partial charge on any atom is -0.490 e. The van der Waals surface area contributed by atoms with Gasteiger partial charge in [-0.25, -0.2) is 0 Å². The van der Waals surface area contributed by atoms with Gasteiger partial charge in [-0.15, -0.1) is 0 Å². The summed E-state index contributed by atoms with van der Waals surface area (Å²) in [5.41, 5.74) is 9.74. The molecule has 1 saturated carbocycles. The molecule has 3 heterocycles. The topological polar surface area (TPSA) is 51.4 Å². The minimum absolute atomic E-state index is 0.130. The maximum absolute atomic E-state index is 6.16. The summed E-state index contributed by atoms with van der Waals surface area (Å²) >= 11 is 0. The fraction of sp³-hybridized carbons (Fsp3) is 0.412. The molecule has 200 valence electrons. The first kappa shape index (κ1) is 24.4. The summed E-state index contributed by atoms with van der Waals surface area (Å²) in [5.74, 6) is 2.59. The smallest absolute Gasteiger partial charge is 0.147 e. The van der Waals surface area contributed by atoms with Crippen LogP contribution in [0.2, 0.25) is 0 Å². The van der Waals surface area contributed by atoms with Crippen molar-refractivity contribution in [1.82, 2.24) is 10.1 Å². The van der Waals surface area contributed by atoms with Gasteiger partial charge < -0.3 is 14.2 Å². The molecule has 2 aromatic carbocycles. The summed E-state index contributed by atoms with van der Waals surface area (Å²) in [6, 6.07) is 17.2. The molecular formula is C34H37N3O2. The summed E-state index contributed by atoms with van der Waals surface area (Å²) in [6.45, 7) is 10.5. The molecule has 4 aromatic rings. The largest absolute Gasteiger partial charge is 0.490 e. The lowest BCUT2D eigenvalue weighted by molar-refractivity contribution is 0.245. The van der Waals surface area contributed by atoms with Gasteiger partial charge >= 0.3 is 0 Å². The van der Waals surface area contributed by atoms with Gasteiger partial charge in [-0.1, -0.05) is 35.5 Å². The molecule has 1 aliphatic heterocycles. The summed E-state index contributed by atoms with van der Waals surface area (Å²) in [6.07, 6.45) is 8.58. The number of nitrogens with zero attached hydrogens (tertiary/aromatic N) is 3. The van der Waals surface area contributed by atoms with Gasteiger partial charge in [-0.3, -0.25) is 4.98 Å². The molecule has 3 aliphatic rings. The normalized spacial score (nSPS) is 18.5. The predicted molar refractivity (Wildman–Crippen MR) is 157 cm³/mol. The van der Waals surface area contributed by atoms with Gasteiger partial charge in [0.05, 0.1) is 11.6 Å². The zero-order valence-electron chi connectivity index (χ0n) is 23.5. The van der Waals surface area contributed by atoms with Crippen LogP contribution < -0.4 is 9.64 Å². The second kappa shape index (κ2) is 9.25. The molecule has 1 saturated heterocycles. The van der Waals surface area contributed by atoms with E-state index in [2.05, 4.69) is 85.4 Å². The van der Waals surface area contributed by atoms with Crippen LogP contribution in [0.15, 0.2) is 59.1 Å². The Labute approximate surface area is 230 Å². The number of hydrogen-bond acceptors (Lipinski definition) is 5. The Bertz CT molecular complexity index is 1590. The van der Waals surface area contributed by atoms with Crippen LogP contribution in [0.25, 0.3) is 27.7 Å². The van der Waals surface area contributed by atoms with Crippen molar-refractivity contribution >= 4 is 22.2 Å². The number of benzene rings is 2. The molecule has 0 N–H and O–H groups in total. The highest BCUT2D eigenvalue weighted by Gasteiger charge is 2.43. The summed E-state index contributed by atoms with van der Waals surface area (Å²) in [4.78, 5) is 7.28. The number of aryl methyl sites for hydroxylation is 2. The fourth-order valence-corrected chi connectivity index (χ4v) is 6.53. The highest BCUT2D eigenvalue weighted by Crippen LogP contribution is 2.56. The molecule has 7 rings (SSSR count). The molecule has 5 nitrogen and oxygen atoms in total. The Hall–Kier alpha value is -3.60. The van der Waals surface area contributed by atoms with E-state index in [4.69, 9.17) is 14.2 Å². The van der Waals surface area contributed by atoms with Crippen molar-refractivity contribution in [1.29, 1.82) is 0 Å². The third-order valence-corrected chi connectivity index (χ3v) is 8.78. The highest BCUT2D eigenvalue weighted by molar-refractivity contribution is 5.89. The van der Waals surface area contributed by atoms with Crippen molar-refractivity contribution < 1.29 is 9.26 Å². The number of hydrogen-bond donors (Lipinski definition) is 0. The molecule has 5 heteroatoms. The maximum atomic E-state index is 6.16. The van der Waals surface area contributed by atoms with Crippen LogP contribution in [0.4, 0.5) is 5.69 Å². The predicted octanol–water partition coefficient (Wildman–Crippen LogP) is 8.25. The average molecular weight is 520 g/mol. The molecule has 0 radical (unpaired) electrons. The monoisotopic (exact) mass is 519 g/mol. The van der Waals surface area contributed by atoms with E-state index in [1.165, 1.54) is 53.6 Å². The Kier molecular flexibility index (Phi) is 5.80. The molecule has 0 bridgehead atoms. The highest BCUT2D eigenvalue weighted by atomic mass is 16.5. The van der Waals surface area contributed by atoms with Crippen LogP contribution in [0.1, 0.15) is 74.5 Å². The zero-order chi connectivity index (χ0) is 26.7. The van der Waals surface area contributed by atoms with Crippen molar-refractivity contribution in [2.45, 2.75) is 71.8 Å². The third-order valence-electron chi connectivity index (χ3n) is 8.78. The van der Waals surface area contributed by atoms with Crippen LogP contribution in [0.5, 0.6) is 5.75 Å². The molecule has 2 aliphatic carbocycles. The molecule has 0 amide bonds. The standard InChI is InChI=1S/C34H37N3O2/c1-21(2)38-30-17-23(4)35-29-12-11-26(18-28(29)30)37-15-13-34(14-16-37)19-25(20-34)31-32(27-8-6-5-7-22(27)3)36-39-33(31)24-9-10-24/h5-8,11-12,17-19,21,24H,9-10,13-16,20H2,1-4H3. The first-order valence-electron chi connectivity index (χ1n) is 14.5.